The summed E-state index contributed by atoms with van der Waals surface area (Å²) >= 11 is 0. The molecular weight excluding hydrogens is 272 g/mol. The van der Waals surface area contributed by atoms with E-state index in [-0.39, 0.29) is 5.41 Å². The van der Waals surface area contributed by atoms with Gasteiger partial charge in [-0.25, -0.2) is 0 Å². The summed E-state index contributed by atoms with van der Waals surface area (Å²) < 4.78 is 5.38. The minimum absolute atomic E-state index is 0.0120. The minimum atomic E-state index is -0.650. The monoisotopic (exact) mass is 298 g/mol. The molecule has 1 aromatic carbocycles. The van der Waals surface area contributed by atoms with Gasteiger partial charge in [-0.05, 0) is 73.6 Å². The number of fused-ring (bicyclic) bond motifs is 5. The van der Waals surface area contributed by atoms with Crippen LogP contribution in [0.4, 0.5) is 0 Å². The van der Waals surface area contributed by atoms with Crippen molar-refractivity contribution < 1.29 is 9.84 Å². The lowest BCUT2D eigenvalue weighted by Crippen LogP contribution is -2.49. The van der Waals surface area contributed by atoms with Crippen LogP contribution in [0.5, 0.6) is 5.75 Å². The van der Waals surface area contributed by atoms with Crippen molar-refractivity contribution >= 4 is 0 Å². The largest absolute Gasteiger partial charge is 0.497 e. The maximum absolute atomic E-state index is 10.8. The second-order valence-electron chi connectivity index (χ2n) is 7.86. The second kappa shape index (κ2) is 4.61. The van der Waals surface area contributed by atoms with Crippen LogP contribution in [-0.2, 0) is 6.42 Å². The average molecular weight is 298 g/mol. The molecule has 0 unspecified atom stereocenters. The van der Waals surface area contributed by atoms with Crippen LogP contribution in [0.15, 0.2) is 30.4 Å². The van der Waals surface area contributed by atoms with Crippen molar-refractivity contribution in [1.82, 2.24) is 0 Å². The summed E-state index contributed by atoms with van der Waals surface area (Å²) in [7, 11) is 1.74. The van der Waals surface area contributed by atoms with Crippen LogP contribution < -0.4 is 4.74 Å². The van der Waals surface area contributed by atoms with Crippen LogP contribution in [0.1, 0.15) is 50.2 Å². The third-order valence-corrected chi connectivity index (χ3v) is 6.97. The number of methoxy groups -OCH3 is 1. The normalized spacial score (nSPS) is 42.5. The molecule has 0 radical (unpaired) electrons. The summed E-state index contributed by atoms with van der Waals surface area (Å²) in [5, 5.41) is 10.8. The zero-order chi connectivity index (χ0) is 15.5. The van der Waals surface area contributed by atoms with Gasteiger partial charge in [-0.1, -0.05) is 25.1 Å². The van der Waals surface area contributed by atoms with E-state index in [1.807, 2.05) is 6.92 Å². The zero-order valence-electron chi connectivity index (χ0n) is 13.8. The Hall–Kier alpha value is -1.28. The number of benzene rings is 1. The number of hydrogen-bond acceptors (Lipinski definition) is 2. The van der Waals surface area contributed by atoms with Gasteiger partial charge in [0.2, 0.25) is 0 Å². The van der Waals surface area contributed by atoms with Gasteiger partial charge in [-0.15, -0.1) is 0 Å². The van der Waals surface area contributed by atoms with Gasteiger partial charge in [0.05, 0.1) is 12.7 Å². The molecule has 1 saturated carbocycles. The summed E-state index contributed by atoms with van der Waals surface area (Å²) in [6, 6.07) is 6.61. The van der Waals surface area contributed by atoms with Gasteiger partial charge >= 0.3 is 0 Å². The number of hydrogen-bond donors (Lipinski definition) is 1. The molecule has 5 atom stereocenters. The Labute approximate surface area is 133 Å². The van der Waals surface area contributed by atoms with Crippen LogP contribution in [0.25, 0.3) is 0 Å². The van der Waals surface area contributed by atoms with Gasteiger partial charge in [-0.3, -0.25) is 0 Å². The van der Waals surface area contributed by atoms with Crippen molar-refractivity contribution in [3.8, 4) is 5.75 Å². The third kappa shape index (κ3) is 1.76. The standard InChI is InChI=1S/C20H26O2/c1-19-10-8-16-15-7-5-14(22-3)12-13(15)4-6-17(16)18(19)9-11-20(19,2)21/h5,7,9,11-12,16-18,21H,4,6,8,10H2,1-3H3/t16-,17-,18+,19+,20+/m1/s1. The molecule has 118 valence electrons. The highest BCUT2D eigenvalue weighted by atomic mass is 16.5. The highest BCUT2D eigenvalue weighted by Gasteiger charge is 2.57. The molecule has 0 heterocycles. The highest BCUT2D eigenvalue weighted by Crippen LogP contribution is 2.61. The number of ether oxygens (including phenoxy) is 1. The van der Waals surface area contributed by atoms with Crippen molar-refractivity contribution in [2.75, 3.05) is 7.11 Å². The summed E-state index contributed by atoms with van der Waals surface area (Å²) in [6.07, 6.45) is 9.02. The maximum atomic E-state index is 10.8. The Kier molecular flexibility index (Phi) is 3.00. The molecule has 4 rings (SSSR count). The van der Waals surface area contributed by atoms with Crippen molar-refractivity contribution in [1.29, 1.82) is 0 Å². The number of rotatable bonds is 1. The molecule has 1 N–H and O–H groups in total. The van der Waals surface area contributed by atoms with Crippen molar-refractivity contribution in [2.24, 2.45) is 17.3 Å². The molecule has 0 spiro atoms. The predicted molar refractivity (Wildman–Crippen MR) is 88.1 cm³/mol. The Balaban J connectivity index is 1.71. The predicted octanol–water partition coefficient (Wildman–Crippen LogP) is 4.08. The average Bonchev–Trinajstić information content (AvgIpc) is 2.76. The van der Waals surface area contributed by atoms with E-state index in [4.69, 9.17) is 4.74 Å². The topological polar surface area (TPSA) is 29.5 Å². The van der Waals surface area contributed by atoms with E-state index in [9.17, 15) is 5.11 Å². The molecule has 2 nitrogen and oxygen atoms in total. The Bertz CT molecular complexity index is 631. The molecule has 1 aromatic rings. The lowest BCUT2D eigenvalue weighted by atomic mass is 9.53. The Morgan fingerprint density at radius 3 is 2.82 bits per heavy atom. The molecule has 2 heteroatoms. The number of aliphatic hydroxyl groups is 1. The number of allylic oxidation sites excluding steroid dienone is 1. The van der Waals surface area contributed by atoms with Gasteiger partial charge < -0.3 is 9.84 Å². The van der Waals surface area contributed by atoms with Crippen LogP contribution in [0.2, 0.25) is 0 Å². The minimum Gasteiger partial charge on any atom is -0.497 e. The SMILES string of the molecule is COc1ccc2c(c1)CC[C@@H]1[C@@H]2CC[C@@]2(C)[C@H]1C=C[C@]2(C)O. The van der Waals surface area contributed by atoms with Crippen molar-refractivity contribution in [3.63, 3.8) is 0 Å². The lowest BCUT2D eigenvalue weighted by molar-refractivity contribution is -0.0741. The molecule has 1 fully saturated rings. The fourth-order valence-corrected chi connectivity index (χ4v) is 5.36. The second-order valence-corrected chi connectivity index (χ2v) is 7.86. The highest BCUT2D eigenvalue weighted by molar-refractivity contribution is 5.41. The molecule has 3 aliphatic carbocycles. The fraction of sp³-hybridized carbons (Fsp3) is 0.600. The molecular formula is C20H26O2. The van der Waals surface area contributed by atoms with Gasteiger partial charge in [-0.2, -0.15) is 0 Å². The summed E-state index contributed by atoms with van der Waals surface area (Å²) in [4.78, 5) is 0. The fourth-order valence-electron chi connectivity index (χ4n) is 5.36. The van der Waals surface area contributed by atoms with Gasteiger partial charge in [0.15, 0.2) is 0 Å². The molecule has 0 bridgehead atoms. The molecule has 22 heavy (non-hydrogen) atoms. The van der Waals surface area contributed by atoms with Crippen LogP contribution in [0.3, 0.4) is 0 Å². The first-order chi connectivity index (χ1) is 10.5. The first-order valence-corrected chi connectivity index (χ1v) is 8.55. The summed E-state index contributed by atoms with van der Waals surface area (Å²) in [5.74, 6) is 2.80. The van der Waals surface area contributed by atoms with E-state index in [1.165, 1.54) is 24.0 Å². The quantitative estimate of drug-likeness (QED) is 0.792. The van der Waals surface area contributed by atoms with E-state index in [0.29, 0.717) is 17.8 Å². The van der Waals surface area contributed by atoms with Crippen LogP contribution >= 0.6 is 0 Å². The van der Waals surface area contributed by atoms with Gasteiger partial charge in [0.25, 0.3) is 0 Å². The molecule has 3 aliphatic rings. The molecule has 0 aromatic heterocycles. The molecule has 0 aliphatic heterocycles. The van der Waals surface area contributed by atoms with Gasteiger partial charge in [0.1, 0.15) is 5.75 Å². The first-order valence-electron chi connectivity index (χ1n) is 8.55. The number of aryl methyl sites for hydroxylation is 1. The zero-order valence-corrected chi connectivity index (χ0v) is 13.8. The van der Waals surface area contributed by atoms with E-state index in [2.05, 4.69) is 37.3 Å². The van der Waals surface area contributed by atoms with E-state index < -0.39 is 5.60 Å². The first kappa shape index (κ1) is 14.3. The van der Waals surface area contributed by atoms with Gasteiger partial charge in [0, 0.05) is 5.41 Å². The van der Waals surface area contributed by atoms with E-state index in [1.54, 1.807) is 7.11 Å². The van der Waals surface area contributed by atoms with E-state index in [0.717, 1.165) is 18.6 Å². The van der Waals surface area contributed by atoms with Crippen molar-refractivity contribution in [2.45, 2.75) is 51.0 Å². The van der Waals surface area contributed by atoms with E-state index >= 15 is 0 Å². The third-order valence-electron chi connectivity index (χ3n) is 6.97. The smallest absolute Gasteiger partial charge is 0.119 e. The Morgan fingerprint density at radius 1 is 1.23 bits per heavy atom. The molecule has 0 saturated heterocycles. The molecule has 0 amide bonds. The van der Waals surface area contributed by atoms with Crippen LogP contribution in [-0.4, -0.2) is 17.8 Å². The lowest BCUT2D eigenvalue weighted by Gasteiger charge is -2.52. The summed E-state index contributed by atoms with van der Waals surface area (Å²) in [5.41, 5.74) is 2.36. The Morgan fingerprint density at radius 2 is 2.05 bits per heavy atom. The van der Waals surface area contributed by atoms with Crippen LogP contribution in [0, 0.1) is 17.3 Å². The summed E-state index contributed by atoms with van der Waals surface area (Å²) in [6.45, 7) is 4.28. The maximum Gasteiger partial charge on any atom is 0.119 e. The van der Waals surface area contributed by atoms with Crippen molar-refractivity contribution in [3.05, 3.63) is 41.5 Å².